The fourth-order valence-corrected chi connectivity index (χ4v) is 2.03. The number of halogens is 1. The molecule has 0 aromatic heterocycles. The first kappa shape index (κ1) is 14.5. The average Bonchev–Trinajstić information content (AvgIpc) is 2.48. The highest BCUT2D eigenvalue weighted by Crippen LogP contribution is 2.18. The fraction of sp³-hybridized carbons (Fsp3) is 0.294. The van der Waals surface area contributed by atoms with Crippen LogP contribution in [0.25, 0.3) is 0 Å². The van der Waals surface area contributed by atoms with Crippen LogP contribution in [0.4, 0.5) is 4.39 Å². The number of hydrogen-bond acceptors (Lipinski definition) is 2. The molecule has 0 aliphatic heterocycles. The fourth-order valence-electron chi connectivity index (χ4n) is 2.03. The van der Waals surface area contributed by atoms with Gasteiger partial charge in [-0.1, -0.05) is 24.3 Å². The third-order valence-electron chi connectivity index (χ3n) is 3.46. The normalized spacial score (nSPS) is 12.2. The topological polar surface area (TPSA) is 21.3 Å². The third kappa shape index (κ3) is 3.58. The van der Waals surface area contributed by atoms with Crippen LogP contribution in [-0.4, -0.2) is 7.11 Å². The first-order chi connectivity index (χ1) is 9.60. The van der Waals surface area contributed by atoms with Crippen LogP contribution in [0.3, 0.4) is 0 Å². The molecule has 3 heteroatoms. The number of rotatable bonds is 5. The summed E-state index contributed by atoms with van der Waals surface area (Å²) in [5.41, 5.74) is 2.81. The van der Waals surface area contributed by atoms with E-state index in [0.717, 1.165) is 11.3 Å². The van der Waals surface area contributed by atoms with Crippen molar-refractivity contribution in [3.8, 4) is 5.75 Å². The SMILES string of the molecule is COc1ccc([C@@H](C)NCc2ccc(C)c(F)c2)cc1. The van der Waals surface area contributed by atoms with Crippen molar-refractivity contribution in [3.63, 3.8) is 0 Å². The van der Waals surface area contributed by atoms with Crippen LogP contribution in [0, 0.1) is 12.7 Å². The number of benzene rings is 2. The van der Waals surface area contributed by atoms with Crippen LogP contribution in [0.1, 0.15) is 29.7 Å². The van der Waals surface area contributed by atoms with E-state index in [2.05, 4.69) is 12.2 Å². The predicted octanol–water partition coefficient (Wildman–Crippen LogP) is 3.99. The van der Waals surface area contributed by atoms with Gasteiger partial charge in [-0.2, -0.15) is 0 Å². The lowest BCUT2D eigenvalue weighted by molar-refractivity contribution is 0.414. The van der Waals surface area contributed by atoms with Gasteiger partial charge in [-0.15, -0.1) is 0 Å². The van der Waals surface area contributed by atoms with Gasteiger partial charge in [-0.25, -0.2) is 4.39 Å². The highest BCUT2D eigenvalue weighted by Gasteiger charge is 2.06. The summed E-state index contributed by atoms with van der Waals surface area (Å²) in [5, 5.41) is 3.39. The summed E-state index contributed by atoms with van der Waals surface area (Å²) < 4.78 is 18.6. The zero-order chi connectivity index (χ0) is 14.5. The lowest BCUT2D eigenvalue weighted by Gasteiger charge is -2.15. The Morgan fingerprint density at radius 2 is 1.85 bits per heavy atom. The molecule has 2 nitrogen and oxygen atoms in total. The Morgan fingerprint density at radius 3 is 2.45 bits per heavy atom. The lowest BCUT2D eigenvalue weighted by atomic mass is 10.1. The van der Waals surface area contributed by atoms with Crippen molar-refractivity contribution in [2.45, 2.75) is 26.4 Å². The first-order valence-corrected chi connectivity index (χ1v) is 6.72. The molecule has 0 bridgehead atoms. The van der Waals surface area contributed by atoms with Crippen molar-refractivity contribution in [1.82, 2.24) is 5.32 Å². The van der Waals surface area contributed by atoms with Crippen molar-refractivity contribution in [3.05, 3.63) is 65.0 Å². The van der Waals surface area contributed by atoms with Gasteiger partial charge in [0.2, 0.25) is 0 Å². The van der Waals surface area contributed by atoms with E-state index < -0.39 is 0 Å². The maximum atomic E-state index is 13.5. The Bertz CT molecular complexity index is 566. The summed E-state index contributed by atoms with van der Waals surface area (Å²) in [4.78, 5) is 0. The van der Waals surface area contributed by atoms with Crippen LogP contribution in [0.5, 0.6) is 5.75 Å². The zero-order valence-corrected chi connectivity index (χ0v) is 12.1. The molecule has 0 amide bonds. The molecule has 0 saturated heterocycles. The molecule has 2 aromatic rings. The van der Waals surface area contributed by atoms with Gasteiger partial charge in [-0.05, 0) is 48.7 Å². The molecule has 0 unspecified atom stereocenters. The van der Waals surface area contributed by atoms with Gasteiger partial charge in [0.05, 0.1) is 7.11 Å². The van der Waals surface area contributed by atoms with E-state index in [-0.39, 0.29) is 11.9 Å². The van der Waals surface area contributed by atoms with Crippen molar-refractivity contribution < 1.29 is 9.13 Å². The van der Waals surface area contributed by atoms with Gasteiger partial charge < -0.3 is 10.1 Å². The smallest absolute Gasteiger partial charge is 0.126 e. The van der Waals surface area contributed by atoms with Crippen molar-refractivity contribution in [2.75, 3.05) is 7.11 Å². The molecule has 0 fully saturated rings. The quantitative estimate of drug-likeness (QED) is 0.889. The van der Waals surface area contributed by atoms with Gasteiger partial charge in [0.1, 0.15) is 11.6 Å². The largest absolute Gasteiger partial charge is 0.497 e. The molecule has 0 radical (unpaired) electrons. The molecule has 2 aromatic carbocycles. The minimum Gasteiger partial charge on any atom is -0.497 e. The van der Waals surface area contributed by atoms with Crippen LogP contribution in [0.15, 0.2) is 42.5 Å². The monoisotopic (exact) mass is 273 g/mol. The second kappa shape index (κ2) is 6.53. The predicted molar refractivity (Wildman–Crippen MR) is 79.4 cm³/mol. The molecule has 20 heavy (non-hydrogen) atoms. The molecule has 0 heterocycles. The molecule has 1 atom stereocenters. The molecular formula is C17H20FNO. The minimum absolute atomic E-state index is 0.151. The zero-order valence-electron chi connectivity index (χ0n) is 12.1. The summed E-state index contributed by atoms with van der Waals surface area (Å²) in [6, 6.07) is 13.5. The molecule has 106 valence electrons. The lowest BCUT2D eigenvalue weighted by Crippen LogP contribution is -2.18. The van der Waals surface area contributed by atoms with Crippen LogP contribution in [0.2, 0.25) is 0 Å². The van der Waals surface area contributed by atoms with Gasteiger partial charge in [-0.3, -0.25) is 0 Å². The van der Waals surface area contributed by atoms with Crippen LogP contribution in [-0.2, 0) is 6.54 Å². The van der Waals surface area contributed by atoms with E-state index in [1.807, 2.05) is 36.4 Å². The highest BCUT2D eigenvalue weighted by molar-refractivity contribution is 5.29. The second-order valence-electron chi connectivity index (χ2n) is 4.96. The van der Waals surface area contributed by atoms with E-state index in [0.29, 0.717) is 12.1 Å². The maximum Gasteiger partial charge on any atom is 0.126 e. The average molecular weight is 273 g/mol. The van der Waals surface area contributed by atoms with Gasteiger partial charge >= 0.3 is 0 Å². The molecule has 0 saturated carbocycles. The summed E-state index contributed by atoms with van der Waals surface area (Å²) >= 11 is 0. The molecule has 0 aliphatic rings. The summed E-state index contributed by atoms with van der Waals surface area (Å²) in [5.74, 6) is 0.697. The van der Waals surface area contributed by atoms with Gasteiger partial charge in [0, 0.05) is 12.6 Å². The van der Waals surface area contributed by atoms with Gasteiger partial charge in [0.25, 0.3) is 0 Å². The van der Waals surface area contributed by atoms with E-state index >= 15 is 0 Å². The van der Waals surface area contributed by atoms with E-state index in [1.54, 1.807) is 20.1 Å². The summed E-state index contributed by atoms with van der Waals surface area (Å²) in [7, 11) is 1.66. The Balaban J connectivity index is 1.96. The Kier molecular flexibility index (Phi) is 4.74. The van der Waals surface area contributed by atoms with Crippen LogP contribution < -0.4 is 10.1 Å². The highest BCUT2D eigenvalue weighted by atomic mass is 19.1. The van der Waals surface area contributed by atoms with Crippen molar-refractivity contribution in [1.29, 1.82) is 0 Å². The van der Waals surface area contributed by atoms with E-state index in [4.69, 9.17) is 4.74 Å². The molecule has 0 aliphatic carbocycles. The maximum absolute atomic E-state index is 13.5. The second-order valence-corrected chi connectivity index (χ2v) is 4.96. The molecule has 2 rings (SSSR count). The molecule has 1 N–H and O–H groups in total. The summed E-state index contributed by atoms with van der Waals surface area (Å²) in [6.45, 7) is 4.50. The Morgan fingerprint density at radius 1 is 1.15 bits per heavy atom. The van der Waals surface area contributed by atoms with Crippen molar-refractivity contribution in [2.24, 2.45) is 0 Å². The van der Waals surface area contributed by atoms with Crippen molar-refractivity contribution >= 4 is 0 Å². The Hall–Kier alpha value is -1.87. The molecule has 0 spiro atoms. The number of ether oxygens (including phenoxy) is 1. The van der Waals surface area contributed by atoms with Gasteiger partial charge in [0.15, 0.2) is 0 Å². The van der Waals surface area contributed by atoms with E-state index in [1.165, 1.54) is 5.56 Å². The number of aryl methyl sites for hydroxylation is 1. The third-order valence-corrected chi connectivity index (χ3v) is 3.46. The standard InChI is InChI=1S/C17H20FNO/c1-12-4-5-14(10-17(12)18)11-19-13(2)15-6-8-16(20-3)9-7-15/h4-10,13,19H,11H2,1-3H3/t13-/m1/s1. The summed E-state index contributed by atoms with van der Waals surface area (Å²) in [6.07, 6.45) is 0. The van der Waals surface area contributed by atoms with Crippen LogP contribution >= 0.6 is 0 Å². The number of nitrogens with one attached hydrogen (secondary N) is 1. The Labute approximate surface area is 119 Å². The van der Waals surface area contributed by atoms with E-state index in [9.17, 15) is 4.39 Å². The number of methoxy groups -OCH3 is 1. The molecular weight excluding hydrogens is 253 g/mol. The number of hydrogen-bond donors (Lipinski definition) is 1. The first-order valence-electron chi connectivity index (χ1n) is 6.72. The minimum atomic E-state index is -0.151.